The minimum atomic E-state index is -0.498. The Labute approximate surface area is 213 Å². The Morgan fingerprint density at radius 2 is 1.86 bits per heavy atom. The maximum atomic E-state index is 12.6. The van der Waals surface area contributed by atoms with E-state index in [4.69, 9.17) is 0 Å². The van der Waals surface area contributed by atoms with Crippen molar-refractivity contribution in [3.05, 3.63) is 86.4 Å². The van der Waals surface area contributed by atoms with Gasteiger partial charge in [0.05, 0.1) is 21.9 Å². The van der Waals surface area contributed by atoms with Crippen LogP contribution in [0.2, 0.25) is 0 Å². The molecule has 9 nitrogen and oxygen atoms in total. The van der Waals surface area contributed by atoms with Crippen LogP contribution in [0.15, 0.2) is 70.3 Å². The first-order chi connectivity index (χ1) is 16.7. The topological polar surface area (TPSA) is 123 Å². The van der Waals surface area contributed by atoms with Gasteiger partial charge >= 0.3 is 0 Å². The van der Waals surface area contributed by atoms with Crippen molar-refractivity contribution >= 4 is 45.0 Å². The van der Waals surface area contributed by atoms with E-state index in [0.717, 1.165) is 21.3 Å². The number of aryl methyl sites for hydroxylation is 2. The Hall–Kier alpha value is -3.70. The summed E-state index contributed by atoms with van der Waals surface area (Å²) in [5, 5.41) is 33.2. The number of benzene rings is 3. The van der Waals surface area contributed by atoms with Crippen LogP contribution in [0.4, 0.5) is 11.4 Å². The van der Waals surface area contributed by atoms with Crippen molar-refractivity contribution < 1.29 is 14.8 Å². The number of hydrogen-bond acceptors (Lipinski definition) is 7. The van der Waals surface area contributed by atoms with Gasteiger partial charge in [-0.25, -0.2) is 0 Å². The van der Waals surface area contributed by atoms with Gasteiger partial charge in [-0.3, -0.25) is 19.5 Å². The molecule has 0 unspecified atom stereocenters. The fraction of sp³-hybridized carbons (Fsp3) is 0.125. The molecule has 0 saturated carbocycles. The summed E-state index contributed by atoms with van der Waals surface area (Å²) in [5.41, 5.74) is 3.81. The molecule has 0 atom stereocenters. The number of carbonyl (C=O) groups is 1. The third-order valence-corrected chi connectivity index (χ3v) is 6.54. The number of anilines is 1. The number of carbonyl (C=O) groups excluding carboxylic acids is 1. The molecule has 3 aromatic carbocycles. The van der Waals surface area contributed by atoms with E-state index in [9.17, 15) is 20.0 Å². The van der Waals surface area contributed by atoms with Crippen molar-refractivity contribution in [1.29, 1.82) is 0 Å². The van der Waals surface area contributed by atoms with Gasteiger partial charge in [0.25, 0.3) is 5.69 Å². The fourth-order valence-electron chi connectivity index (χ4n) is 3.49. The van der Waals surface area contributed by atoms with Crippen LogP contribution in [0.5, 0.6) is 5.75 Å². The summed E-state index contributed by atoms with van der Waals surface area (Å²) in [6.45, 7) is 3.98. The monoisotopic (exact) mass is 553 g/mol. The lowest BCUT2D eigenvalue weighted by Crippen LogP contribution is -2.14. The molecule has 4 aromatic rings. The van der Waals surface area contributed by atoms with Crippen molar-refractivity contribution in [2.24, 2.45) is 0 Å². The highest BCUT2D eigenvalue weighted by Gasteiger charge is 2.21. The van der Waals surface area contributed by atoms with Gasteiger partial charge in [0.15, 0.2) is 11.0 Å². The molecular formula is C24H20BrN5O4S. The van der Waals surface area contributed by atoms with Crippen LogP contribution in [-0.4, -0.2) is 36.5 Å². The summed E-state index contributed by atoms with van der Waals surface area (Å²) in [6.07, 6.45) is 0. The average Bonchev–Trinajstić information content (AvgIpc) is 3.23. The lowest BCUT2D eigenvalue weighted by molar-refractivity contribution is -0.384. The summed E-state index contributed by atoms with van der Waals surface area (Å²) in [5.74, 6) is 0.226. The van der Waals surface area contributed by atoms with E-state index in [1.807, 2.05) is 36.6 Å². The number of phenolic OH excluding ortho intramolecular Hbond substituents is 1. The molecule has 0 aliphatic carbocycles. The number of phenols is 1. The molecule has 4 rings (SSSR count). The Morgan fingerprint density at radius 1 is 1.11 bits per heavy atom. The minimum absolute atomic E-state index is 0.0322. The average molecular weight is 554 g/mol. The van der Waals surface area contributed by atoms with Crippen molar-refractivity contribution in [2.45, 2.75) is 19.0 Å². The van der Waals surface area contributed by atoms with Crippen LogP contribution in [0.25, 0.3) is 17.1 Å². The quantitative estimate of drug-likeness (QED) is 0.172. The van der Waals surface area contributed by atoms with Gasteiger partial charge in [-0.15, -0.1) is 10.2 Å². The molecule has 0 aliphatic heterocycles. The van der Waals surface area contributed by atoms with E-state index >= 15 is 0 Å². The van der Waals surface area contributed by atoms with Gasteiger partial charge in [0.2, 0.25) is 5.91 Å². The molecule has 11 heteroatoms. The third-order valence-electron chi connectivity index (χ3n) is 5.12. The first kappa shape index (κ1) is 24.4. The fourth-order valence-corrected chi connectivity index (χ4v) is 4.60. The first-order valence-electron chi connectivity index (χ1n) is 10.4. The summed E-state index contributed by atoms with van der Waals surface area (Å²) < 4.78 is 2.59. The predicted molar refractivity (Wildman–Crippen MR) is 138 cm³/mol. The smallest absolute Gasteiger partial charge is 0.269 e. The van der Waals surface area contributed by atoms with E-state index in [2.05, 4.69) is 31.4 Å². The number of nitrogens with one attached hydrogen (secondary N) is 1. The summed E-state index contributed by atoms with van der Waals surface area (Å²) >= 11 is 4.63. The van der Waals surface area contributed by atoms with E-state index in [0.29, 0.717) is 22.2 Å². The van der Waals surface area contributed by atoms with Crippen molar-refractivity contribution in [2.75, 3.05) is 11.1 Å². The molecule has 35 heavy (non-hydrogen) atoms. The molecule has 1 amide bonds. The summed E-state index contributed by atoms with van der Waals surface area (Å²) in [7, 11) is 0. The number of nitro benzene ring substituents is 1. The second kappa shape index (κ2) is 10.3. The van der Waals surface area contributed by atoms with Crippen LogP contribution in [0.1, 0.15) is 11.1 Å². The maximum Gasteiger partial charge on any atom is 0.269 e. The molecule has 2 N–H and O–H groups in total. The highest BCUT2D eigenvalue weighted by molar-refractivity contribution is 9.10. The molecule has 0 bridgehead atoms. The molecule has 0 spiro atoms. The lowest BCUT2D eigenvalue weighted by atomic mass is 10.1. The number of nitro groups is 1. The number of hydrogen-bond donors (Lipinski definition) is 2. The highest BCUT2D eigenvalue weighted by Crippen LogP contribution is 2.35. The van der Waals surface area contributed by atoms with Gasteiger partial charge in [-0.05, 0) is 55.8 Å². The summed E-state index contributed by atoms with van der Waals surface area (Å²) in [4.78, 5) is 22.9. The number of amides is 1. The van der Waals surface area contributed by atoms with Gasteiger partial charge in [-0.2, -0.15) is 0 Å². The Morgan fingerprint density at radius 3 is 2.54 bits per heavy atom. The van der Waals surface area contributed by atoms with Gasteiger partial charge < -0.3 is 10.4 Å². The van der Waals surface area contributed by atoms with Crippen LogP contribution in [0, 0.1) is 24.0 Å². The van der Waals surface area contributed by atoms with Crippen molar-refractivity contribution in [3.63, 3.8) is 0 Å². The third kappa shape index (κ3) is 5.52. The number of aromatic hydroxyl groups is 1. The van der Waals surface area contributed by atoms with Crippen LogP contribution in [-0.2, 0) is 4.79 Å². The predicted octanol–water partition coefficient (Wildman–Crippen LogP) is 5.66. The number of aromatic nitrogens is 3. The molecule has 1 aromatic heterocycles. The van der Waals surface area contributed by atoms with E-state index in [-0.39, 0.29) is 23.1 Å². The van der Waals surface area contributed by atoms with Crippen molar-refractivity contribution in [1.82, 2.24) is 14.8 Å². The SMILES string of the molecule is Cc1ccc(-n2c(SCC(=O)Nc3ccc([N+](=O)[O-])cc3)nnc2-c2cc(Br)ccc2O)c(C)c1. The normalized spacial score (nSPS) is 10.8. The zero-order chi connectivity index (χ0) is 25.1. The Balaban J connectivity index is 1.63. The molecule has 178 valence electrons. The number of non-ortho nitro benzene ring substituents is 1. The van der Waals surface area contributed by atoms with Crippen LogP contribution < -0.4 is 5.32 Å². The standard InChI is InChI=1S/C24H20BrN5O4S/c1-14-3-9-20(15(2)11-14)29-23(19-12-16(25)4-10-21(19)31)27-28-24(29)35-13-22(32)26-17-5-7-18(8-6-17)30(33)34/h3-12,31H,13H2,1-2H3,(H,26,32). The lowest BCUT2D eigenvalue weighted by Gasteiger charge is -2.14. The van der Waals surface area contributed by atoms with Crippen LogP contribution in [0.3, 0.4) is 0 Å². The van der Waals surface area contributed by atoms with Gasteiger partial charge in [0.1, 0.15) is 5.75 Å². The number of thioether (sulfide) groups is 1. The molecule has 1 heterocycles. The second-order valence-corrected chi connectivity index (χ2v) is 9.59. The summed E-state index contributed by atoms with van der Waals surface area (Å²) in [6, 6.07) is 16.6. The number of nitrogens with zero attached hydrogens (tertiary/aromatic N) is 4. The minimum Gasteiger partial charge on any atom is -0.507 e. The van der Waals surface area contributed by atoms with E-state index in [1.165, 1.54) is 36.0 Å². The largest absolute Gasteiger partial charge is 0.507 e. The number of rotatable bonds is 7. The van der Waals surface area contributed by atoms with Gasteiger partial charge in [-0.1, -0.05) is 45.4 Å². The van der Waals surface area contributed by atoms with Crippen LogP contribution >= 0.6 is 27.7 Å². The molecular weight excluding hydrogens is 534 g/mol. The molecule has 0 saturated heterocycles. The van der Waals surface area contributed by atoms with E-state index in [1.54, 1.807) is 18.2 Å². The molecule has 0 fully saturated rings. The zero-order valence-corrected chi connectivity index (χ0v) is 21.1. The Kier molecular flexibility index (Phi) is 7.17. The maximum absolute atomic E-state index is 12.6. The zero-order valence-electron chi connectivity index (χ0n) is 18.7. The number of halogens is 1. The van der Waals surface area contributed by atoms with Crippen molar-refractivity contribution in [3.8, 4) is 22.8 Å². The highest BCUT2D eigenvalue weighted by atomic mass is 79.9. The molecule has 0 aliphatic rings. The Bertz CT molecular complexity index is 1420. The van der Waals surface area contributed by atoms with E-state index < -0.39 is 4.92 Å². The first-order valence-corrected chi connectivity index (χ1v) is 12.2. The second-order valence-electron chi connectivity index (χ2n) is 7.73. The van der Waals surface area contributed by atoms with Gasteiger partial charge in [0, 0.05) is 22.3 Å². The molecule has 0 radical (unpaired) electrons.